The highest BCUT2D eigenvalue weighted by atomic mass is 35.5. The molecular weight excluding hydrogens is 443 g/mol. The number of halogens is 2. The summed E-state index contributed by atoms with van der Waals surface area (Å²) < 4.78 is 2.01. The molecule has 5 nitrogen and oxygen atoms in total. The fourth-order valence-electron chi connectivity index (χ4n) is 4.77. The maximum Gasteiger partial charge on any atom is 0.239 e. The lowest BCUT2D eigenvalue weighted by Crippen LogP contribution is -2.45. The zero-order chi connectivity index (χ0) is 22.2. The lowest BCUT2D eigenvalue weighted by molar-refractivity contribution is -0.132. The van der Waals surface area contributed by atoms with E-state index in [1.807, 2.05) is 27.9 Å². The number of carbonyl (C=O) groups is 1. The summed E-state index contributed by atoms with van der Waals surface area (Å²) in [6, 6.07) is 12.0. The van der Waals surface area contributed by atoms with E-state index in [0.29, 0.717) is 16.6 Å². The van der Waals surface area contributed by atoms with Crippen molar-refractivity contribution in [3.05, 3.63) is 69.8 Å². The van der Waals surface area contributed by atoms with Crippen LogP contribution in [0.3, 0.4) is 0 Å². The number of carbonyl (C=O) groups excluding carboxylic acids is 1. The average Bonchev–Trinajstić information content (AvgIpc) is 3.48. The van der Waals surface area contributed by atoms with Gasteiger partial charge in [0.15, 0.2) is 0 Å². The van der Waals surface area contributed by atoms with Crippen molar-refractivity contribution < 1.29 is 4.79 Å². The molecule has 1 saturated heterocycles. The molecule has 1 aromatic heterocycles. The van der Waals surface area contributed by atoms with Gasteiger partial charge in [-0.05, 0) is 67.6 Å². The van der Waals surface area contributed by atoms with Gasteiger partial charge >= 0.3 is 0 Å². The molecular formula is C25H26Cl2N4O. The first-order valence-corrected chi connectivity index (χ1v) is 11.9. The predicted octanol–water partition coefficient (Wildman–Crippen LogP) is 5.32. The fourth-order valence-corrected chi connectivity index (χ4v) is 5.33. The van der Waals surface area contributed by atoms with E-state index in [-0.39, 0.29) is 18.0 Å². The second kappa shape index (κ2) is 8.89. The van der Waals surface area contributed by atoms with Crippen molar-refractivity contribution in [1.82, 2.24) is 20.0 Å². The number of nitrogens with one attached hydrogen (secondary N) is 1. The number of hydrogen-bond donors (Lipinski definition) is 1. The van der Waals surface area contributed by atoms with E-state index in [4.69, 9.17) is 23.2 Å². The van der Waals surface area contributed by atoms with Crippen LogP contribution in [-0.4, -0.2) is 46.3 Å². The minimum atomic E-state index is -0.0279. The minimum Gasteiger partial charge on any atom is -0.337 e. The fraction of sp³-hybridized carbons (Fsp3) is 0.360. The van der Waals surface area contributed by atoms with Gasteiger partial charge in [0.1, 0.15) is 0 Å². The SMILES string of the molecule is C[C@H](c1ccc(Cl)cc1Cl)n1ncc2ccc(C3=CCN(C(=O)[C@H]4CCCN4)CC3)cc21. The van der Waals surface area contributed by atoms with Crippen LogP contribution in [0.25, 0.3) is 16.5 Å². The maximum absolute atomic E-state index is 12.7. The van der Waals surface area contributed by atoms with Crippen LogP contribution in [-0.2, 0) is 4.79 Å². The van der Waals surface area contributed by atoms with Gasteiger partial charge in [0, 0.05) is 28.5 Å². The third-order valence-electron chi connectivity index (χ3n) is 6.63. The predicted molar refractivity (Wildman–Crippen MR) is 130 cm³/mol. The molecule has 0 saturated carbocycles. The molecule has 3 heterocycles. The number of hydrogen-bond acceptors (Lipinski definition) is 3. The summed E-state index contributed by atoms with van der Waals surface area (Å²) in [6.45, 7) is 4.46. The first-order valence-electron chi connectivity index (χ1n) is 11.1. The van der Waals surface area contributed by atoms with Gasteiger partial charge in [0.05, 0.1) is 23.8 Å². The Kier molecular flexibility index (Phi) is 5.97. The molecule has 0 unspecified atom stereocenters. The van der Waals surface area contributed by atoms with E-state index in [2.05, 4.69) is 41.6 Å². The van der Waals surface area contributed by atoms with Crippen LogP contribution in [0, 0.1) is 0 Å². The lowest BCUT2D eigenvalue weighted by Gasteiger charge is -2.29. The zero-order valence-corrected chi connectivity index (χ0v) is 19.5. The minimum absolute atomic E-state index is 0.00293. The van der Waals surface area contributed by atoms with E-state index in [1.165, 1.54) is 11.1 Å². The summed E-state index contributed by atoms with van der Waals surface area (Å²) in [6.07, 6.45) is 6.97. The molecule has 2 atom stereocenters. The van der Waals surface area contributed by atoms with Crippen molar-refractivity contribution >= 4 is 45.6 Å². The number of fused-ring (bicyclic) bond motifs is 1. The first-order chi connectivity index (χ1) is 15.5. The summed E-state index contributed by atoms with van der Waals surface area (Å²) in [5.41, 5.74) is 4.51. The van der Waals surface area contributed by atoms with Gasteiger partial charge in [0.2, 0.25) is 5.91 Å². The first kappa shape index (κ1) is 21.5. The van der Waals surface area contributed by atoms with Gasteiger partial charge in [0.25, 0.3) is 0 Å². The molecule has 0 aliphatic carbocycles. The molecule has 166 valence electrons. The third-order valence-corrected chi connectivity index (χ3v) is 7.19. The van der Waals surface area contributed by atoms with Crippen LogP contribution in [0.15, 0.2) is 48.7 Å². The Balaban J connectivity index is 1.40. The van der Waals surface area contributed by atoms with Crippen LogP contribution in [0.4, 0.5) is 0 Å². The van der Waals surface area contributed by atoms with Gasteiger partial charge in [-0.3, -0.25) is 9.48 Å². The molecule has 5 rings (SSSR count). The number of aromatic nitrogens is 2. The molecule has 2 aliphatic heterocycles. The highest BCUT2D eigenvalue weighted by molar-refractivity contribution is 6.35. The second-order valence-electron chi connectivity index (χ2n) is 8.62. The van der Waals surface area contributed by atoms with Crippen LogP contribution in [0.1, 0.15) is 43.4 Å². The van der Waals surface area contributed by atoms with Gasteiger partial charge in [-0.1, -0.05) is 47.5 Å². The summed E-state index contributed by atoms with van der Waals surface area (Å²) in [5, 5.41) is 10.3. The highest BCUT2D eigenvalue weighted by Gasteiger charge is 2.28. The average molecular weight is 469 g/mol. The molecule has 3 aromatic rings. The number of benzene rings is 2. The molecule has 1 fully saturated rings. The normalized spacial score (nSPS) is 19.9. The number of nitrogens with zero attached hydrogens (tertiary/aromatic N) is 3. The van der Waals surface area contributed by atoms with Crippen molar-refractivity contribution in [1.29, 1.82) is 0 Å². The van der Waals surface area contributed by atoms with E-state index < -0.39 is 0 Å². The molecule has 2 aromatic carbocycles. The van der Waals surface area contributed by atoms with Crippen molar-refractivity contribution in [2.24, 2.45) is 0 Å². The van der Waals surface area contributed by atoms with Crippen molar-refractivity contribution in [2.45, 2.75) is 38.3 Å². The van der Waals surface area contributed by atoms with E-state index in [9.17, 15) is 4.79 Å². The monoisotopic (exact) mass is 468 g/mol. The van der Waals surface area contributed by atoms with Crippen molar-refractivity contribution in [3.63, 3.8) is 0 Å². The van der Waals surface area contributed by atoms with Gasteiger partial charge in [-0.15, -0.1) is 0 Å². The molecule has 0 radical (unpaired) electrons. The standard InChI is InChI=1S/C25H26Cl2N4O/c1-16(21-7-6-20(26)14-22(21)27)31-24-13-18(4-5-19(24)15-29-31)17-8-11-30(12-9-17)25(32)23-3-2-10-28-23/h4-8,13-16,23,28H,2-3,9-12H2,1H3/t16-,23-/m1/s1. The van der Waals surface area contributed by atoms with Gasteiger partial charge in [-0.25, -0.2) is 0 Å². The summed E-state index contributed by atoms with van der Waals surface area (Å²) in [7, 11) is 0. The van der Waals surface area contributed by atoms with E-state index in [1.54, 1.807) is 6.07 Å². The maximum atomic E-state index is 12.7. The smallest absolute Gasteiger partial charge is 0.239 e. The van der Waals surface area contributed by atoms with Crippen molar-refractivity contribution in [3.8, 4) is 0 Å². The lowest BCUT2D eigenvalue weighted by atomic mass is 9.98. The van der Waals surface area contributed by atoms with Gasteiger partial charge < -0.3 is 10.2 Å². The van der Waals surface area contributed by atoms with E-state index >= 15 is 0 Å². The summed E-state index contributed by atoms with van der Waals surface area (Å²) in [5.74, 6) is 0.236. The Morgan fingerprint density at radius 2 is 2.09 bits per heavy atom. The Labute approximate surface area is 198 Å². The third kappa shape index (κ3) is 4.05. The van der Waals surface area contributed by atoms with Crippen LogP contribution in [0.2, 0.25) is 10.0 Å². The van der Waals surface area contributed by atoms with Crippen LogP contribution < -0.4 is 5.32 Å². The molecule has 1 amide bonds. The molecule has 1 N–H and O–H groups in total. The Bertz CT molecular complexity index is 1200. The summed E-state index contributed by atoms with van der Waals surface area (Å²) >= 11 is 12.5. The molecule has 32 heavy (non-hydrogen) atoms. The highest BCUT2D eigenvalue weighted by Crippen LogP contribution is 2.32. The molecule has 7 heteroatoms. The summed E-state index contributed by atoms with van der Waals surface area (Å²) in [4.78, 5) is 14.7. The Morgan fingerprint density at radius 1 is 1.22 bits per heavy atom. The number of rotatable bonds is 4. The molecule has 0 spiro atoms. The second-order valence-corrected chi connectivity index (χ2v) is 9.46. The van der Waals surface area contributed by atoms with Crippen LogP contribution >= 0.6 is 23.2 Å². The van der Waals surface area contributed by atoms with Crippen LogP contribution in [0.5, 0.6) is 0 Å². The molecule has 0 bridgehead atoms. The Hall–Kier alpha value is -2.34. The number of amides is 1. The quantitative estimate of drug-likeness (QED) is 0.563. The topological polar surface area (TPSA) is 50.2 Å². The Morgan fingerprint density at radius 3 is 2.81 bits per heavy atom. The van der Waals surface area contributed by atoms with E-state index in [0.717, 1.165) is 48.8 Å². The molecule has 2 aliphatic rings. The largest absolute Gasteiger partial charge is 0.337 e. The zero-order valence-electron chi connectivity index (χ0n) is 18.0. The van der Waals surface area contributed by atoms with Gasteiger partial charge in [-0.2, -0.15) is 5.10 Å². The van der Waals surface area contributed by atoms with Crippen molar-refractivity contribution in [2.75, 3.05) is 19.6 Å².